The van der Waals surface area contributed by atoms with Crippen LogP contribution in [-0.2, 0) is 9.53 Å². The third kappa shape index (κ3) is 6.91. The Morgan fingerprint density at radius 2 is 1.85 bits per heavy atom. The van der Waals surface area contributed by atoms with Crippen LogP contribution in [0.15, 0.2) is 12.1 Å². The number of halogens is 6. The Hall–Kier alpha value is -0.490. The Kier molecular flexibility index (Phi) is 8.72. The largest absolute Gasteiger partial charge is 0.487 e. The SMILES string of the molecule is CCOC(=O)CC(C)(C)C(Cl)CC(Cl)(Cl)COc1ccc(Cl)c(F)c1F. The number of ether oxygens (including phenoxy) is 2. The number of carbonyl (C=O) groups is 1. The highest BCUT2D eigenvalue weighted by molar-refractivity contribution is 6.49. The molecule has 1 rings (SSSR count). The summed E-state index contributed by atoms with van der Waals surface area (Å²) in [5.74, 6) is -3.20. The minimum Gasteiger partial charge on any atom is -0.487 e. The van der Waals surface area contributed by atoms with Crippen molar-refractivity contribution >= 4 is 52.4 Å². The Morgan fingerprint density at radius 1 is 1.23 bits per heavy atom. The van der Waals surface area contributed by atoms with E-state index in [4.69, 9.17) is 55.9 Å². The molecule has 0 radical (unpaired) electrons. The molecule has 0 fully saturated rings. The van der Waals surface area contributed by atoms with Crippen molar-refractivity contribution in [3.05, 3.63) is 28.8 Å². The van der Waals surface area contributed by atoms with Gasteiger partial charge in [0.1, 0.15) is 6.61 Å². The molecule has 148 valence electrons. The van der Waals surface area contributed by atoms with E-state index < -0.39 is 26.8 Å². The Labute approximate surface area is 171 Å². The van der Waals surface area contributed by atoms with Crippen molar-refractivity contribution in [3.8, 4) is 5.75 Å². The summed E-state index contributed by atoms with van der Waals surface area (Å²) in [6, 6.07) is 2.33. The first-order chi connectivity index (χ1) is 11.9. The molecule has 0 aliphatic heterocycles. The van der Waals surface area contributed by atoms with Crippen molar-refractivity contribution in [2.24, 2.45) is 5.41 Å². The first-order valence-electron chi connectivity index (χ1n) is 7.83. The van der Waals surface area contributed by atoms with Gasteiger partial charge in [-0.1, -0.05) is 48.7 Å². The van der Waals surface area contributed by atoms with E-state index in [1.807, 2.05) is 0 Å². The van der Waals surface area contributed by atoms with E-state index in [9.17, 15) is 13.6 Å². The molecule has 1 unspecified atom stereocenters. The third-order valence-corrected chi connectivity index (χ3v) is 5.23. The molecule has 0 aliphatic rings. The number of esters is 1. The van der Waals surface area contributed by atoms with Crippen molar-refractivity contribution in [2.75, 3.05) is 13.2 Å². The molecule has 9 heteroatoms. The van der Waals surface area contributed by atoms with Gasteiger partial charge in [0.05, 0.1) is 18.1 Å². The molecule has 3 nitrogen and oxygen atoms in total. The summed E-state index contributed by atoms with van der Waals surface area (Å²) in [6.07, 6.45) is 0.124. The number of carbonyl (C=O) groups excluding carboxylic acids is 1. The van der Waals surface area contributed by atoms with Gasteiger partial charge in [0.25, 0.3) is 0 Å². The zero-order chi connectivity index (χ0) is 20.1. The lowest BCUT2D eigenvalue weighted by Crippen LogP contribution is -2.35. The van der Waals surface area contributed by atoms with E-state index in [0.717, 1.165) is 6.07 Å². The molecule has 0 N–H and O–H groups in total. The minimum absolute atomic E-state index is 0.0434. The summed E-state index contributed by atoms with van der Waals surface area (Å²) in [5, 5.41) is -0.961. The highest BCUT2D eigenvalue weighted by Gasteiger charge is 2.38. The predicted octanol–water partition coefficient (Wildman–Crippen LogP) is 6.15. The fourth-order valence-corrected chi connectivity index (χ4v) is 3.16. The normalized spacial score (nSPS) is 13.4. The van der Waals surface area contributed by atoms with Crippen molar-refractivity contribution in [1.29, 1.82) is 0 Å². The lowest BCUT2D eigenvalue weighted by atomic mass is 9.83. The molecule has 0 amide bonds. The van der Waals surface area contributed by atoms with Crippen LogP contribution in [0.3, 0.4) is 0 Å². The van der Waals surface area contributed by atoms with E-state index >= 15 is 0 Å². The quantitative estimate of drug-likeness (QED) is 0.256. The molecule has 1 atom stereocenters. The molecule has 0 aromatic heterocycles. The van der Waals surface area contributed by atoms with Gasteiger partial charge >= 0.3 is 5.97 Å². The molecule has 0 spiro atoms. The average molecular weight is 452 g/mol. The Morgan fingerprint density at radius 3 is 2.42 bits per heavy atom. The van der Waals surface area contributed by atoms with Gasteiger partial charge < -0.3 is 9.47 Å². The zero-order valence-electron chi connectivity index (χ0n) is 14.6. The molecule has 0 bridgehead atoms. The lowest BCUT2D eigenvalue weighted by Gasteiger charge is -2.32. The highest BCUT2D eigenvalue weighted by Crippen LogP contribution is 2.39. The molecular weight excluding hydrogens is 432 g/mol. The van der Waals surface area contributed by atoms with Gasteiger partial charge in [0.2, 0.25) is 5.82 Å². The highest BCUT2D eigenvalue weighted by atomic mass is 35.5. The first-order valence-corrected chi connectivity index (χ1v) is 9.40. The number of hydrogen-bond donors (Lipinski definition) is 0. The second kappa shape index (κ2) is 9.63. The Bertz CT molecular complexity index is 639. The first kappa shape index (κ1) is 23.5. The van der Waals surface area contributed by atoms with Crippen LogP contribution >= 0.6 is 46.4 Å². The smallest absolute Gasteiger partial charge is 0.306 e. The van der Waals surface area contributed by atoms with Gasteiger partial charge in [0.15, 0.2) is 15.9 Å². The minimum atomic E-state index is -1.49. The maximum absolute atomic E-state index is 13.8. The van der Waals surface area contributed by atoms with E-state index in [2.05, 4.69) is 0 Å². The number of rotatable bonds is 9. The van der Waals surface area contributed by atoms with Crippen molar-refractivity contribution in [3.63, 3.8) is 0 Å². The molecular formula is C17H20Cl4F2O3. The predicted molar refractivity (Wildman–Crippen MR) is 101 cm³/mol. The summed E-state index contributed by atoms with van der Waals surface area (Å²) in [4.78, 5) is 11.7. The van der Waals surface area contributed by atoms with Gasteiger partial charge in [-0.15, -0.1) is 11.6 Å². The summed E-state index contributed by atoms with van der Waals surface area (Å²) >= 11 is 24.3. The molecule has 0 aliphatic carbocycles. The maximum Gasteiger partial charge on any atom is 0.306 e. The molecule has 26 heavy (non-hydrogen) atoms. The summed E-state index contributed by atoms with van der Waals surface area (Å²) in [5.41, 5.74) is -0.652. The summed E-state index contributed by atoms with van der Waals surface area (Å²) in [6.45, 7) is 5.20. The van der Waals surface area contributed by atoms with Gasteiger partial charge in [-0.25, -0.2) is 4.39 Å². The van der Waals surface area contributed by atoms with Crippen LogP contribution in [-0.4, -0.2) is 28.9 Å². The maximum atomic E-state index is 13.8. The summed E-state index contributed by atoms with van der Waals surface area (Å²) in [7, 11) is 0. The molecule has 0 saturated carbocycles. The van der Waals surface area contributed by atoms with Gasteiger partial charge in [-0.2, -0.15) is 4.39 Å². The molecule has 1 aromatic rings. The second-order valence-electron chi connectivity index (χ2n) is 6.46. The number of alkyl halides is 3. The van der Waals surface area contributed by atoms with E-state index in [1.54, 1.807) is 20.8 Å². The topological polar surface area (TPSA) is 35.5 Å². The third-order valence-electron chi connectivity index (χ3n) is 3.67. The molecule has 0 heterocycles. The van der Waals surface area contributed by atoms with Crippen LogP contribution in [0.5, 0.6) is 5.75 Å². The van der Waals surface area contributed by atoms with Crippen molar-refractivity contribution in [1.82, 2.24) is 0 Å². The van der Waals surface area contributed by atoms with Crippen LogP contribution in [0.2, 0.25) is 5.02 Å². The molecule has 1 aromatic carbocycles. The van der Waals surface area contributed by atoms with Crippen LogP contribution < -0.4 is 4.74 Å². The van der Waals surface area contributed by atoms with Crippen LogP contribution in [0.1, 0.15) is 33.6 Å². The monoisotopic (exact) mass is 450 g/mol. The van der Waals surface area contributed by atoms with Gasteiger partial charge in [-0.3, -0.25) is 4.79 Å². The second-order valence-corrected chi connectivity index (χ2v) is 9.03. The standard InChI is InChI=1S/C17H20Cl4F2O3/c1-4-25-13(24)8-16(2,3)12(19)7-17(20,21)9-26-11-6-5-10(18)14(22)15(11)23/h5-6,12H,4,7-9H2,1-3H3. The van der Waals surface area contributed by atoms with E-state index in [0.29, 0.717) is 0 Å². The van der Waals surface area contributed by atoms with Crippen LogP contribution in [0.25, 0.3) is 0 Å². The average Bonchev–Trinajstić information content (AvgIpc) is 2.51. The van der Waals surface area contributed by atoms with E-state index in [-0.39, 0.29) is 42.8 Å². The van der Waals surface area contributed by atoms with Gasteiger partial charge in [-0.05, 0) is 24.5 Å². The fourth-order valence-electron chi connectivity index (χ4n) is 2.10. The molecule has 0 saturated heterocycles. The van der Waals surface area contributed by atoms with Crippen LogP contribution in [0.4, 0.5) is 8.78 Å². The van der Waals surface area contributed by atoms with E-state index in [1.165, 1.54) is 6.07 Å². The lowest BCUT2D eigenvalue weighted by molar-refractivity contribution is -0.145. The Balaban J connectivity index is 2.70. The fraction of sp³-hybridized carbons (Fsp3) is 0.588. The number of hydrogen-bond acceptors (Lipinski definition) is 3. The van der Waals surface area contributed by atoms with Crippen molar-refractivity contribution in [2.45, 2.75) is 43.3 Å². The van der Waals surface area contributed by atoms with Crippen LogP contribution in [0, 0.1) is 17.0 Å². The zero-order valence-corrected chi connectivity index (χ0v) is 17.6. The number of benzene rings is 1. The van der Waals surface area contributed by atoms with Crippen molar-refractivity contribution < 1.29 is 23.0 Å². The summed E-state index contributed by atoms with van der Waals surface area (Å²) < 4.78 is 35.8. The van der Waals surface area contributed by atoms with Gasteiger partial charge in [0, 0.05) is 11.8 Å².